The molecular weight excluding hydrogens is 228 g/mol. The molecule has 5 nitrogen and oxygen atoms in total. The van der Waals surface area contributed by atoms with E-state index >= 15 is 0 Å². The minimum atomic E-state index is -0.436. The van der Waals surface area contributed by atoms with Gasteiger partial charge in [-0.1, -0.05) is 12.7 Å². The lowest BCUT2D eigenvalue weighted by Gasteiger charge is -1.98. The molecule has 0 atom stereocenters. The minimum absolute atomic E-state index is 0.0381. The minimum Gasteiger partial charge on any atom is -0.472 e. The smallest absolute Gasteiger partial charge is 0.270 e. The van der Waals surface area contributed by atoms with Gasteiger partial charge in [-0.3, -0.25) is 10.1 Å². The number of rotatable bonds is 4. The van der Waals surface area contributed by atoms with E-state index < -0.39 is 4.92 Å². The number of hydrogen-bond donors (Lipinski definition) is 0. The van der Waals surface area contributed by atoms with E-state index in [9.17, 15) is 10.1 Å². The number of fused-ring (bicyclic) bond motifs is 1. The molecule has 16 heavy (non-hydrogen) atoms. The number of nitro benzene ring substituents is 1. The van der Waals surface area contributed by atoms with Gasteiger partial charge in [-0.25, -0.2) is 0 Å². The largest absolute Gasteiger partial charge is 0.472 e. The van der Waals surface area contributed by atoms with Crippen LogP contribution in [-0.2, 0) is 0 Å². The Labute approximate surface area is 95.3 Å². The molecular formula is C10H8N2O3S. The molecule has 0 aliphatic carbocycles. The Morgan fingerprint density at radius 2 is 2.44 bits per heavy atom. The van der Waals surface area contributed by atoms with Crippen LogP contribution < -0.4 is 4.74 Å². The Morgan fingerprint density at radius 3 is 3.12 bits per heavy atom. The van der Waals surface area contributed by atoms with Crippen molar-refractivity contribution < 1.29 is 9.66 Å². The van der Waals surface area contributed by atoms with Gasteiger partial charge in [-0.2, -0.15) is 4.37 Å². The summed E-state index contributed by atoms with van der Waals surface area (Å²) in [7, 11) is 0. The van der Waals surface area contributed by atoms with Gasteiger partial charge in [-0.05, 0) is 17.6 Å². The highest BCUT2D eigenvalue weighted by molar-refractivity contribution is 7.13. The molecule has 0 aliphatic rings. The van der Waals surface area contributed by atoms with Crippen LogP contribution in [0.1, 0.15) is 0 Å². The highest BCUT2D eigenvalue weighted by Crippen LogP contribution is 2.31. The molecule has 0 spiro atoms. The normalized spacial score (nSPS) is 10.2. The van der Waals surface area contributed by atoms with Gasteiger partial charge in [0.15, 0.2) is 0 Å². The highest BCUT2D eigenvalue weighted by Gasteiger charge is 2.12. The van der Waals surface area contributed by atoms with Crippen molar-refractivity contribution in [3.8, 4) is 5.88 Å². The van der Waals surface area contributed by atoms with Gasteiger partial charge >= 0.3 is 0 Å². The van der Waals surface area contributed by atoms with E-state index in [1.807, 2.05) is 0 Å². The van der Waals surface area contributed by atoms with Gasteiger partial charge in [0.25, 0.3) is 5.69 Å². The molecule has 1 heterocycles. The molecule has 0 fully saturated rings. The highest BCUT2D eigenvalue weighted by atomic mass is 32.1. The van der Waals surface area contributed by atoms with Crippen LogP contribution in [0, 0.1) is 10.1 Å². The average Bonchev–Trinajstić information content (AvgIpc) is 2.68. The fourth-order valence-electron chi connectivity index (χ4n) is 1.26. The van der Waals surface area contributed by atoms with Crippen molar-refractivity contribution in [3.05, 3.63) is 41.0 Å². The molecule has 1 aromatic heterocycles. The molecule has 1 aromatic carbocycles. The second-order valence-corrected chi connectivity index (χ2v) is 3.83. The van der Waals surface area contributed by atoms with Gasteiger partial charge in [0.2, 0.25) is 5.88 Å². The third-order valence-electron chi connectivity index (χ3n) is 1.97. The molecule has 2 rings (SSSR count). The first kappa shape index (κ1) is 10.6. The van der Waals surface area contributed by atoms with Crippen molar-refractivity contribution in [2.75, 3.05) is 6.61 Å². The lowest BCUT2D eigenvalue weighted by Crippen LogP contribution is -1.93. The molecule has 0 amide bonds. The Kier molecular flexibility index (Phi) is 2.82. The summed E-state index contributed by atoms with van der Waals surface area (Å²) in [5.41, 5.74) is 0.0381. The Morgan fingerprint density at radius 1 is 1.62 bits per heavy atom. The standard InChI is InChI=1S/C10H8N2O3S/c1-2-5-15-10-8-6-7(12(13)14)3-4-9(8)16-11-10/h2-4,6H,1,5H2. The Hall–Kier alpha value is -1.95. The molecule has 0 radical (unpaired) electrons. The lowest BCUT2D eigenvalue weighted by atomic mass is 10.2. The molecule has 0 N–H and O–H groups in total. The van der Waals surface area contributed by atoms with Crippen LogP contribution in [0.5, 0.6) is 5.88 Å². The van der Waals surface area contributed by atoms with Crippen LogP contribution in [0.3, 0.4) is 0 Å². The second kappa shape index (κ2) is 4.28. The summed E-state index contributed by atoms with van der Waals surface area (Å²) in [6.45, 7) is 3.86. The molecule has 0 unspecified atom stereocenters. The van der Waals surface area contributed by atoms with Crippen molar-refractivity contribution in [2.24, 2.45) is 0 Å². The fourth-order valence-corrected chi connectivity index (χ4v) is 1.97. The van der Waals surface area contributed by atoms with Crippen LogP contribution in [0.4, 0.5) is 5.69 Å². The summed E-state index contributed by atoms with van der Waals surface area (Å²) in [4.78, 5) is 10.2. The van der Waals surface area contributed by atoms with Crippen molar-refractivity contribution in [2.45, 2.75) is 0 Å². The van der Waals surface area contributed by atoms with Crippen LogP contribution in [0.25, 0.3) is 10.1 Å². The fraction of sp³-hybridized carbons (Fsp3) is 0.100. The third kappa shape index (κ3) is 1.87. The topological polar surface area (TPSA) is 65.3 Å². The SMILES string of the molecule is C=CCOc1nsc2ccc([N+](=O)[O-])cc12. The van der Waals surface area contributed by atoms with E-state index in [1.165, 1.54) is 23.7 Å². The van der Waals surface area contributed by atoms with Crippen LogP contribution >= 0.6 is 11.5 Å². The predicted molar refractivity (Wildman–Crippen MR) is 62.0 cm³/mol. The maximum atomic E-state index is 10.6. The Bertz CT molecular complexity index is 550. The van der Waals surface area contributed by atoms with E-state index in [0.29, 0.717) is 17.9 Å². The van der Waals surface area contributed by atoms with E-state index in [-0.39, 0.29) is 5.69 Å². The summed E-state index contributed by atoms with van der Waals surface area (Å²) in [5.74, 6) is 0.420. The summed E-state index contributed by atoms with van der Waals surface area (Å²) >= 11 is 1.25. The summed E-state index contributed by atoms with van der Waals surface area (Å²) < 4.78 is 10.2. The number of nitro groups is 1. The molecule has 82 valence electrons. The summed E-state index contributed by atoms with van der Waals surface area (Å²) in [6.07, 6.45) is 1.60. The quantitative estimate of drug-likeness (QED) is 0.465. The molecule has 0 aliphatic heterocycles. The van der Waals surface area contributed by atoms with Gasteiger partial charge in [0.05, 0.1) is 15.0 Å². The number of non-ortho nitro benzene ring substituents is 1. The van der Waals surface area contributed by atoms with E-state index in [2.05, 4.69) is 11.0 Å². The molecule has 2 aromatic rings. The molecule has 0 bridgehead atoms. The van der Waals surface area contributed by atoms with Gasteiger partial charge in [-0.15, -0.1) is 0 Å². The number of hydrogen-bond acceptors (Lipinski definition) is 5. The average molecular weight is 236 g/mol. The zero-order chi connectivity index (χ0) is 11.5. The summed E-state index contributed by atoms with van der Waals surface area (Å²) in [6, 6.07) is 4.60. The van der Waals surface area contributed by atoms with E-state index in [1.54, 1.807) is 12.1 Å². The molecule has 0 saturated carbocycles. The van der Waals surface area contributed by atoms with Gasteiger partial charge in [0, 0.05) is 12.1 Å². The first-order valence-corrected chi connectivity index (χ1v) is 5.27. The number of aromatic nitrogens is 1. The molecule has 0 saturated heterocycles. The maximum Gasteiger partial charge on any atom is 0.270 e. The van der Waals surface area contributed by atoms with Gasteiger partial charge < -0.3 is 4.74 Å². The van der Waals surface area contributed by atoms with E-state index in [0.717, 1.165) is 4.70 Å². The third-order valence-corrected chi connectivity index (χ3v) is 2.78. The van der Waals surface area contributed by atoms with Crippen molar-refractivity contribution >= 4 is 27.3 Å². The first-order valence-electron chi connectivity index (χ1n) is 4.50. The summed E-state index contributed by atoms with van der Waals surface area (Å²) in [5, 5.41) is 11.3. The number of benzene rings is 1. The zero-order valence-electron chi connectivity index (χ0n) is 8.25. The van der Waals surface area contributed by atoms with Crippen molar-refractivity contribution in [3.63, 3.8) is 0 Å². The van der Waals surface area contributed by atoms with Crippen molar-refractivity contribution in [1.29, 1.82) is 0 Å². The van der Waals surface area contributed by atoms with Crippen LogP contribution in [-0.4, -0.2) is 15.9 Å². The lowest BCUT2D eigenvalue weighted by molar-refractivity contribution is -0.384. The van der Waals surface area contributed by atoms with Gasteiger partial charge in [0.1, 0.15) is 6.61 Å². The number of ether oxygens (including phenoxy) is 1. The maximum absolute atomic E-state index is 10.6. The predicted octanol–water partition coefficient (Wildman–Crippen LogP) is 2.77. The van der Waals surface area contributed by atoms with Crippen LogP contribution in [0.15, 0.2) is 30.9 Å². The second-order valence-electron chi connectivity index (χ2n) is 3.02. The number of nitrogens with zero attached hydrogens (tertiary/aromatic N) is 2. The van der Waals surface area contributed by atoms with Crippen LogP contribution in [0.2, 0.25) is 0 Å². The monoisotopic (exact) mass is 236 g/mol. The zero-order valence-corrected chi connectivity index (χ0v) is 9.07. The van der Waals surface area contributed by atoms with E-state index in [4.69, 9.17) is 4.74 Å². The first-order chi connectivity index (χ1) is 7.72. The Balaban J connectivity index is 2.46. The molecule has 6 heteroatoms. The van der Waals surface area contributed by atoms with Crippen molar-refractivity contribution in [1.82, 2.24) is 4.37 Å².